The van der Waals surface area contributed by atoms with Gasteiger partial charge >= 0.3 is 0 Å². The molecule has 0 spiro atoms. The van der Waals surface area contributed by atoms with E-state index in [0.717, 1.165) is 23.3 Å². The van der Waals surface area contributed by atoms with Gasteiger partial charge in [0.05, 0.1) is 12.2 Å². The lowest BCUT2D eigenvalue weighted by Gasteiger charge is -2.12. The Bertz CT molecular complexity index is 413. The number of aliphatic hydroxyl groups excluding tert-OH is 1. The fraction of sp³-hybridized carbons (Fsp3) is 0.467. The summed E-state index contributed by atoms with van der Waals surface area (Å²) in [6, 6.07) is 5.93. The maximum atomic E-state index is 8.73. The minimum absolute atomic E-state index is 0.126. The van der Waals surface area contributed by atoms with Gasteiger partial charge < -0.3 is 9.84 Å². The predicted molar refractivity (Wildman–Crippen MR) is 70.1 cm³/mol. The molecule has 1 atom stereocenters. The first-order valence-electron chi connectivity index (χ1n) is 6.00. The summed E-state index contributed by atoms with van der Waals surface area (Å²) in [7, 11) is 0. The lowest BCUT2D eigenvalue weighted by Crippen LogP contribution is -2.08. The second kappa shape index (κ2) is 6.98. The van der Waals surface area contributed by atoms with Crippen LogP contribution in [0.5, 0.6) is 5.75 Å². The van der Waals surface area contributed by atoms with Gasteiger partial charge in [-0.1, -0.05) is 38.2 Å². The summed E-state index contributed by atoms with van der Waals surface area (Å²) >= 11 is 0. The molecule has 0 aromatic heterocycles. The fourth-order valence-electron chi connectivity index (χ4n) is 1.35. The average Bonchev–Trinajstić information content (AvgIpc) is 2.34. The van der Waals surface area contributed by atoms with E-state index in [1.165, 1.54) is 0 Å². The van der Waals surface area contributed by atoms with E-state index >= 15 is 0 Å². The zero-order valence-electron chi connectivity index (χ0n) is 10.8. The molecule has 0 radical (unpaired) electrons. The summed E-state index contributed by atoms with van der Waals surface area (Å²) in [5.41, 5.74) is 1.99. The Morgan fingerprint density at radius 2 is 2.18 bits per heavy atom. The third kappa shape index (κ3) is 4.50. The molecule has 2 nitrogen and oxygen atoms in total. The summed E-state index contributed by atoms with van der Waals surface area (Å²) in [6.07, 6.45) is 1.10. The quantitative estimate of drug-likeness (QED) is 0.809. The first-order chi connectivity index (χ1) is 8.17. The van der Waals surface area contributed by atoms with Crippen LogP contribution in [0.25, 0.3) is 0 Å². The second-order valence-corrected chi connectivity index (χ2v) is 4.28. The zero-order chi connectivity index (χ0) is 12.7. The number of aryl methyl sites for hydroxylation is 1. The molecule has 1 N–H and O–H groups in total. The molecule has 92 valence electrons. The van der Waals surface area contributed by atoms with Gasteiger partial charge in [0.25, 0.3) is 0 Å². The smallest absolute Gasteiger partial charge is 0.134 e. The molecule has 0 bridgehead atoms. The molecule has 1 aromatic rings. The van der Waals surface area contributed by atoms with Gasteiger partial charge in [-0.25, -0.2) is 0 Å². The molecule has 0 heterocycles. The van der Waals surface area contributed by atoms with E-state index in [2.05, 4.69) is 25.7 Å². The Hall–Kier alpha value is -1.46. The van der Waals surface area contributed by atoms with Gasteiger partial charge in [-0.05, 0) is 30.5 Å². The molecule has 17 heavy (non-hydrogen) atoms. The highest BCUT2D eigenvalue weighted by Crippen LogP contribution is 2.20. The minimum Gasteiger partial charge on any atom is -0.492 e. The molecule has 1 rings (SSSR count). The first kappa shape index (κ1) is 13.6. The number of ether oxygens (including phenoxy) is 1. The number of benzene rings is 1. The van der Waals surface area contributed by atoms with Crippen molar-refractivity contribution in [3.05, 3.63) is 29.3 Å². The number of hydrogen-bond acceptors (Lipinski definition) is 2. The molecule has 0 aliphatic heterocycles. The summed E-state index contributed by atoms with van der Waals surface area (Å²) < 4.78 is 5.76. The normalized spacial score (nSPS) is 11.5. The van der Waals surface area contributed by atoms with Crippen LogP contribution in [0.2, 0.25) is 0 Å². The zero-order valence-corrected chi connectivity index (χ0v) is 10.8. The molecular weight excluding hydrogens is 212 g/mol. The van der Waals surface area contributed by atoms with Crippen LogP contribution >= 0.6 is 0 Å². The lowest BCUT2D eigenvalue weighted by molar-refractivity contribution is 0.256. The average molecular weight is 232 g/mol. The highest BCUT2D eigenvalue weighted by Gasteiger charge is 2.04. The van der Waals surface area contributed by atoms with E-state index in [9.17, 15) is 0 Å². The summed E-state index contributed by atoms with van der Waals surface area (Å²) in [5.74, 6) is 6.92. The molecule has 0 aliphatic rings. The minimum atomic E-state index is -0.126. The molecular formula is C15H20O2. The van der Waals surface area contributed by atoms with Crippen LogP contribution in [-0.4, -0.2) is 18.3 Å². The second-order valence-electron chi connectivity index (χ2n) is 4.28. The molecule has 0 aliphatic carbocycles. The number of aliphatic hydroxyl groups is 1. The number of hydrogen-bond donors (Lipinski definition) is 1. The standard InChI is InChI=1S/C15H20O2/c1-4-12(2)11-17-15-8-7-13(3)10-14(15)6-5-9-16/h7-8,10,12,16H,4,9,11H2,1-3H3. The van der Waals surface area contributed by atoms with Crippen molar-refractivity contribution in [2.75, 3.05) is 13.2 Å². The maximum absolute atomic E-state index is 8.73. The Labute approximate surface area is 104 Å². The molecule has 1 aromatic carbocycles. The summed E-state index contributed by atoms with van der Waals surface area (Å²) in [5, 5.41) is 8.73. The van der Waals surface area contributed by atoms with Crippen molar-refractivity contribution in [2.24, 2.45) is 5.92 Å². The highest BCUT2D eigenvalue weighted by atomic mass is 16.5. The molecule has 0 saturated heterocycles. The largest absolute Gasteiger partial charge is 0.492 e. The van der Waals surface area contributed by atoms with Crippen molar-refractivity contribution >= 4 is 0 Å². The van der Waals surface area contributed by atoms with Crippen LogP contribution in [0.1, 0.15) is 31.4 Å². The highest BCUT2D eigenvalue weighted by molar-refractivity contribution is 5.48. The van der Waals surface area contributed by atoms with Crippen LogP contribution in [0.15, 0.2) is 18.2 Å². The molecule has 2 heteroatoms. The molecule has 1 unspecified atom stereocenters. The third-order valence-corrected chi connectivity index (χ3v) is 2.66. The van der Waals surface area contributed by atoms with Crippen LogP contribution in [0, 0.1) is 24.7 Å². The Morgan fingerprint density at radius 3 is 2.82 bits per heavy atom. The van der Waals surface area contributed by atoms with E-state index in [1.54, 1.807) is 0 Å². The van der Waals surface area contributed by atoms with Crippen molar-refractivity contribution in [3.8, 4) is 17.6 Å². The van der Waals surface area contributed by atoms with Crippen LogP contribution in [-0.2, 0) is 0 Å². The van der Waals surface area contributed by atoms with E-state index < -0.39 is 0 Å². The Kier molecular flexibility index (Phi) is 5.59. The molecule has 0 fully saturated rings. The van der Waals surface area contributed by atoms with Crippen molar-refractivity contribution in [1.82, 2.24) is 0 Å². The Balaban J connectivity index is 2.82. The van der Waals surface area contributed by atoms with E-state index in [0.29, 0.717) is 12.5 Å². The maximum Gasteiger partial charge on any atom is 0.134 e. The fourth-order valence-corrected chi connectivity index (χ4v) is 1.35. The van der Waals surface area contributed by atoms with Gasteiger partial charge in [0.1, 0.15) is 12.4 Å². The van der Waals surface area contributed by atoms with Crippen molar-refractivity contribution < 1.29 is 9.84 Å². The van der Waals surface area contributed by atoms with Crippen molar-refractivity contribution in [3.63, 3.8) is 0 Å². The van der Waals surface area contributed by atoms with Gasteiger partial charge in [0, 0.05) is 0 Å². The van der Waals surface area contributed by atoms with E-state index in [1.807, 2.05) is 25.1 Å². The van der Waals surface area contributed by atoms with E-state index in [4.69, 9.17) is 9.84 Å². The predicted octanol–water partition coefficient (Wildman–Crippen LogP) is 2.76. The topological polar surface area (TPSA) is 29.5 Å². The Morgan fingerprint density at radius 1 is 1.41 bits per heavy atom. The summed E-state index contributed by atoms with van der Waals surface area (Å²) in [6.45, 7) is 6.90. The summed E-state index contributed by atoms with van der Waals surface area (Å²) in [4.78, 5) is 0. The van der Waals surface area contributed by atoms with Crippen LogP contribution < -0.4 is 4.74 Å². The molecule has 0 amide bonds. The van der Waals surface area contributed by atoms with Gasteiger partial charge in [-0.2, -0.15) is 0 Å². The third-order valence-electron chi connectivity index (χ3n) is 2.66. The number of rotatable bonds is 4. The molecule has 0 saturated carbocycles. The van der Waals surface area contributed by atoms with Crippen molar-refractivity contribution in [1.29, 1.82) is 0 Å². The van der Waals surface area contributed by atoms with Crippen molar-refractivity contribution in [2.45, 2.75) is 27.2 Å². The first-order valence-corrected chi connectivity index (χ1v) is 6.00. The lowest BCUT2D eigenvalue weighted by atomic mass is 10.1. The van der Waals surface area contributed by atoms with Gasteiger partial charge in [0.15, 0.2) is 0 Å². The van der Waals surface area contributed by atoms with Crippen LogP contribution in [0.4, 0.5) is 0 Å². The monoisotopic (exact) mass is 232 g/mol. The van der Waals surface area contributed by atoms with Crippen LogP contribution in [0.3, 0.4) is 0 Å². The van der Waals surface area contributed by atoms with Gasteiger partial charge in [0.2, 0.25) is 0 Å². The van der Waals surface area contributed by atoms with E-state index in [-0.39, 0.29) is 6.61 Å². The SMILES string of the molecule is CCC(C)COc1ccc(C)cc1C#CCO. The van der Waals surface area contributed by atoms with Gasteiger partial charge in [-0.3, -0.25) is 0 Å². The van der Waals surface area contributed by atoms with Gasteiger partial charge in [-0.15, -0.1) is 0 Å².